The van der Waals surface area contributed by atoms with Crippen molar-refractivity contribution >= 4 is 28.2 Å². The summed E-state index contributed by atoms with van der Waals surface area (Å²) in [5.74, 6) is -0.133. The molecule has 5 heteroatoms. The SMILES string of the molecule is CC(=O)Nc1ccc(C(=O)NC2CCCCCC2)s1. The Morgan fingerprint density at radius 1 is 1.16 bits per heavy atom. The highest BCUT2D eigenvalue weighted by molar-refractivity contribution is 7.18. The van der Waals surface area contributed by atoms with E-state index in [1.807, 2.05) is 0 Å². The van der Waals surface area contributed by atoms with E-state index in [4.69, 9.17) is 0 Å². The van der Waals surface area contributed by atoms with Crippen LogP contribution in [-0.4, -0.2) is 17.9 Å². The second kappa shape index (κ2) is 6.70. The van der Waals surface area contributed by atoms with E-state index in [0.717, 1.165) is 17.8 Å². The molecule has 0 spiro atoms. The monoisotopic (exact) mass is 280 g/mol. The molecule has 0 aliphatic heterocycles. The van der Waals surface area contributed by atoms with Gasteiger partial charge in [-0.3, -0.25) is 9.59 Å². The number of anilines is 1. The minimum Gasteiger partial charge on any atom is -0.349 e. The Labute approximate surface area is 117 Å². The number of rotatable bonds is 3. The molecule has 104 valence electrons. The van der Waals surface area contributed by atoms with E-state index in [9.17, 15) is 9.59 Å². The van der Waals surface area contributed by atoms with Crippen LogP contribution >= 0.6 is 11.3 Å². The maximum absolute atomic E-state index is 12.1. The zero-order valence-corrected chi connectivity index (χ0v) is 12.0. The standard InChI is InChI=1S/C14H20N2O2S/c1-10(17)15-13-9-8-12(19-13)14(18)16-11-6-4-2-3-5-7-11/h8-9,11H,2-7H2,1H3,(H,15,17)(H,16,18). The highest BCUT2D eigenvalue weighted by Crippen LogP contribution is 2.23. The van der Waals surface area contributed by atoms with Gasteiger partial charge in [0, 0.05) is 13.0 Å². The lowest BCUT2D eigenvalue weighted by molar-refractivity contribution is -0.114. The first kappa shape index (κ1) is 14.1. The summed E-state index contributed by atoms with van der Waals surface area (Å²) >= 11 is 1.32. The van der Waals surface area contributed by atoms with Crippen molar-refractivity contribution < 1.29 is 9.59 Å². The predicted molar refractivity (Wildman–Crippen MR) is 77.6 cm³/mol. The van der Waals surface area contributed by atoms with Gasteiger partial charge in [0.2, 0.25) is 5.91 Å². The zero-order chi connectivity index (χ0) is 13.7. The highest BCUT2D eigenvalue weighted by atomic mass is 32.1. The van der Waals surface area contributed by atoms with Crippen molar-refractivity contribution in [2.75, 3.05) is 5.32 Å². The fourth-order valence-corrected chi connectivity index (χ4v) is 3.24. The lowest BCUT2D eigenvalue weighted by Gasteiger charge is -2.15. The van der Waals surface area contributed by atoms with Crippen LogP contribution < -0.4 is 10.6 Å². The molecule has 1 saturated carbocycles. The molecular formula is C14H20N2O2S. The second-order valence-corrected chi connectivity index (χ2v) is 6.09. The number of carbonyl (C=O) groups excluding carboxylic acids is 2. The van der Waals surface area contributed by atoms with Gasteiger partial charge in [-0.15, -0.1) is 11.3 Å². The van der Waals surface area contributed by atoms with Crippen molar-refractivity contribution in [3.63, 3.8) is 0 Å². The van der Waals surface area contributed by atoms with Crippen LogP contribution in [0, 0.1) is 0 Å². The van der Waals surface area contributed by atoms with Crippen molar-refractivity contribution in [1.82, 2.24) is 5.32 Å². The van der Waals surface area contributed by atoms with Crippen molar-refractivity contribution in [2.24, 2.45) is 0 Å². The van der Waals surface area contributed by atoms with Crippen LogP contribution in [0.2, 0.25) is 0 Å². The summed E-state index contributed by atoms with van der Waals surface area (Å²) in [6, 6.07) is 3.84. The van der Waals surface area contributed by atoms with Gasteiger partial charge in [0.05, 0.1) is 9.88 Å². The van der Waals surface area contributed by atoms with Crippen molar-refractivity contribution in [3.8, 4) is 0 Å². The van der Waals surface area contributed by atoms with Gasteiger partial charge in [-0.05, 0) is 25.0 Å². The molecule has 0 bridgehead atoms. The van der Waals surface area contributed by atoms with Crippen LogP contribution in [0.15, 0.2) is 12.1 Å². The molecule has 1 aromatic heterocycles. The molecule has 0 saturated heterocycles. The third-order valence-electron chi connectivity index (χ3n) is 3.32. The summed E-state index contributed by atoms with van der Waals surface area (Å²) in [6.07, 6.45) is 7.11. The third kappa shape index (κ3) is 4.35. The molecule has 19 heavy (non-hydrogen) atoms. The summed E-state index contributed by atoms with van der Waals surface area (Å²) in [5.41, 5.74) is 0. The van der Waals surface area contributed by atoms with E-state index >= 15 is 0 Å². The fraction of sp³-hybridized carbons (Fsp3) is 0.571. The minimum atomic E-state index is -0.113. The Morgan fingerprint density at radius 3 is 2.47 bits per heavy atom. The number of amides is 2. The average molecular weight is 280 g/mol. The van der Waals surface area contributed by atoms with Gasteiger partial charge in [0.25, 0.3) is 5.91 Å². The van der Waals surface area contributed by atoms with Gasteiger partial charge < -0.3 is 10.6 Å². The van der Waals surface area contributed by atoms with Gasteiger partial charge in [-0.2, -0.15) is 0 Å². The number of thiophene rings is 1. The largest absolute Gasteiger partial charge is 0.349 e. The van der Waals surface area contributed by atoms with Crippen LogP contribution in [0.4, 0.5) is 5.00 Å². The molecular weight excluding hydrogens is 260 g/mol. The van der Waals surface area contributed by atoms with E-state index in [1.54, 1.807) is 12.1 Å². The molecule has 1 aliphatic carbocycles. The van der Waals surface area contributed by atoms with Crippen molar-refractivity contribution in [2.45, 2.75) is 51.5 Å². The first-order valence-electron chi connectivity index (χ1n) is 6.83. The van der Waals surface area contributed by atoms with Crippen molar-refractivity contribution in [3.05, 3.63) is 17.0 Å². The maximum atomic E-state index is 12.1. The third-order valence-corrected chi connectivity index (χ3v) is 4.32. The lowest BCUT2D eigenvalue weighted by atomic mass is 10.1. The molecule has 0 radical (unpaired) electrons. The Morgan fingerprint density at radius 2 is 1.84 bits per heavy atom. The Balaban J connectivity index is 1.91. The fourth-order valence-electron chi connectivity index (χ4n) is 2.38. The topological polar surface area (TPSA) is 58.2 Å². The van der Waals surface area contributed by atoms with E-state index in [-0.39, 0.29) is 11.8 Å². The van der Waals surface area contributed by atoms with Crippen LogP contribution in [0.5, 0.6) is 0 Å². The quantitative estimate of drug-likeness (QED) is 0.836. The second-order valence-electron chi connectivity index (χ2n) is 5.01. The molecule has 2 N–H and O–H groups in total. The van der Waals surface area contributed by atoms with Crippen LogP contribution in [-0.2, 0) is 4.79 Å². The zero-order valence-electron chi connectivity index (χ0n) is 11.2. The molecule has 1 aliphatic rings. The van der Waals surface area contributed by atoms with Gasteiger partial charge in [-0.25, -0.2) is 0 Å². The summed E-state index contributed by atoms with van der Waals surface area (Å²) in [6.45, 7) is 1.46. The van der Waals surface area contributed by atoms with Gasteiger partial charge >= 0.3 is 0 Å². The molecule has 0 unspecified atom stereocenters. The molecule has 1 fully saturated rings. The molecule has 2 rings (SSSR count). The summed E-state index contributed by atoms with van der Waals surface area (Å²) in [4.78, 5) is 23.7. The lowest BCUT2D eigenvalue weighted by Crippen LogP contribution is -2.33. The number of carbonyl (C=O) groups is 2. The molecule has 2 amide bonds. The average Bonchev–Trinajstić information content (AvgIpc) is 2.66. The normalized spacial score (nSPS) is 16.7. The molecule has 1 aromatic rings. The predicted octanol–water partition coefficient (Wildman–Crippen LogP) is 3.16. The van der Waals surface area contributed by atoms with E-state index < -0.39 is 0 Å². The Kier molecular flexibility index (Phi) is 4.96. The van der Waals surface area contributed by atoms with Gasteiger partial charge in [0.15, 0.2) is 0 Å². The number of nitrogens with one attached hydrogen (secondary N) is 2. The van der Waals surface area contributed by atoms with Gasteiger partial charge in [0.1, 0.15) is 0 Å². The number of hydrogen-bond acceptors (Lipinski definition) is 3. The summed E-state index contributed by atoms with van der Waals surface area (Å²) < 4.78 is 0. The minimum absolute atomic E-state index is 0.0199. The highest BCUT2D eigenvalue weighted by Gasteiger charge is 2.17. The Bertz CT molecular complexity index is 448. The van der Waals surface area contributed by atoms with Gasteiger partial charge in [-0.1, -0.05) is 25.7 Å². The van der Waals surface area contributed by atoms with Crippen LogP contribution in [0.1, 0.15) is 55.1 Å². The number of hydrogen-bond donors (Lipinski definition) is 2. The summed E-state index contributed by atoms with van der Waals surface area (Å²) in [5, 5.41) is 6.51. The molecule has 0 aromatic carbocycles. The Hall–Kier alpha value is -1.36. The maximum Gasteiger partial charge on any atom is 0.261 e. The first-order valence-corrected chi connectivity index (χ1v) is 7.65. The van der Waals surface area contributed by atoms with Crippen LogP contribution in [0.3, 0.4) is 0 Å². The molecule has 4 nitrogen and oxygen atoms in total. The first-order chi connectivity index (χ1) is 9.15. The van der Waals surface area contributed by atoms with E-state index in [0.29, 0.717) is 10.9 Å². The molecule has 0 atom stereocenters. The summed E-state index contributed by atoms with van der Waals surface area (Å²) in [7, 11) is 0. The van der Waals surface area contributed by atoms with Crippen molar-refractivity contribution in [1.29, 1.82) is 0 Å². The smallest absolute Gasteiger partial charge is 0.261 e. The van der Waals surface area contributed by atoms with E-state index in [1.165, 1.54) is 43.9 Å². The van der Waals surface area contributed by atoms with Crippen LogP contribution in [0.25, 0.3) is 0 Å². The molecule has 1 heterocycles. The van der Waals surface area contributed by atoms with E-state index in [2.05, 4.69) is 10.6 Å².